The molecule has 0 aliphatic rings. The lowest BCUT2D eigenvalue weighted by Gasteiger charge is -2.02. The van der Waals surface area contributed by atoms with E-state index in [0.29, 0.717) is 5.56 Å². The molecule has 0 atom stereocenters. The number of hydrogen-bond donors (Lipinski definition) is 1. The number of halogens is 1. The highest BCUT2D eigenvalue weighted by Crippen LogP contribution is 2.27. The van der Waals surface area contributed by atoms with Gasteiger partial charge in [-0.2, -0.15) is 0 Å². The minimum atomic E-state index is 0.191. The number of pyridine rings is 1. The molecule has 20 heavy (non-hydrogen) atoms. The smallest absolute Gasteiger partial charge is 0.125 e. The van der Waals surface area contributed by atoms with Crippen LogP contribution in [0.25, 0.3) is 10.9 Å². The van der Waals surface area contributed by atoms with Crippen LogP contribution in [0.1, 0.15) is 5.56 Å². The fraction of sp³-hybridized carbons (Fsp3) is 0. The molecule has 0 aliphatic carbocycles. The van der Waals surface area contributed by atoms with Gasteiger partial charge in [0.25, 0.3) is 0 Å². The van der Waals surface area contributed by atoms with E-state index in [1.165, 1.54) is 0 Å². The van der Waals surface area contributed by atoms with E-state index in [4.69, 9.17) is 0 Å². The second-order valence-corrected chi connectivity index (χ2v) is 5.14. The number of aromatic hydroxyl groups is 1. The topological polar surface area (TPSA) is 45.5 Å². The Labute approximate surface area is 124 Å². The highest BCUT2D eigenvalue weighted by atomic mass is 79.9. The van der Waals surface area contributed by atoms with Crippen LogP contribution in [0.5, 0.6) is 5.75 Å². The number of phenolic OH excluding ortho intramolecular Hbond substituents is 1. The average Bonchev–Trinajstić information content (AvgIpc) is 2.47. The van der Waals surface area contributed by atoms with E-state index in [9.17, 15) is 5.11 Å². The van der Waals surface area contributed by atoms with Gasteiger partial charge in [-0.05, 0) is 40.2 Å². The summed E-state index contributed by atoms with van der Waals surface area (Å²) in [6, 6.07) is 15.0. The molecule has 1 aromatic heterocycles. The molecular formula is C16H11BrN2O. The monoisotopic (exact) mass is 326 g/mol. The maximum atomic E-state index is 9.85. The third-order valence-corrected chi connectivity index (χ3v) is 3.67. The molecule has 3 rings (SSSR count). The summed E-state index contributed by atoms with van der Waals surface area (Å²) >= 11 is 3.40. The van der Waals surface area contributed by atoms with Crippen molar-refractivity contribution in [2.45, 2.75) is 0 Å². The normalized spacial score (nSPS) is 11.2. The Morgan fingerprint density at radius 3 is 2.70 bits per heavy atom. The van der Waals surface area contributed by atoms with Crippen LogP contribution in [-0.4, -0.2) is 16.3 Å². The highest BCUT2D eigenvalue weighted by Gasteiger charge is 2.03. The average molecular weight is 327 g/mol. The summed E-state index contributed by atoms with van der Waals surface area (Å²) in [5, 5.41) is 10.9. The molecule has 0 spiro atoms. The summed E-state index contributed by atoms with van der Waals surface area (Å²) in [6.07, 6.45) is 3.39. The van der Waals surface area contributed by atoms with E-state index in [2.05, 4.69) is 25.9 Å². The Morgan fingerprint density at radius 2 is 1.85 bits per heavy atom. The van der Waals surface area contributed by atoms with Crippen LogP contribution in [0, 0.1) is 0 Å². The van der Waals surface area contributed by atoms with Gasteiger partial charge in [-0.3, -0.25) is 9.98 Å². The maximum Gasteiger partial charge on any atom is 0.125 e. The van der Waals surface area contributed by atoms with Gasteiger partial charge >= 0.3 is 0 Å². The van der Waals surface area contributed by atoms with Gasteiger partial charge in [0, 0.05) is 27.8 Å². The lowest BCUT2D eigenvalue weighted by Crippen LogP contribution is -1.85. The lowest BCUT2D eigenvalue weighted by molar-refractivity contribution is 0.474. The summed E-state index contributed by atoms with van der Waals surface area (Å²) in [7, 11) is 0. The number of para-hydroxylation sites is 1. The fourth-order valence-corrected chi connectivity index (χ4v) is 2.44. The number of nitrogens with zero attached hydrogens (tertiary/aromatic N) is 2. The number of fused-ring (bicyclic) bond motifs is 1. The zero-order valence-corrected chi connectivity index (χ0v) is 12.1. The molecule has 4 heteroatoms. The third kappa shape index (κ3) is 2.42. The van der Waals surface area contributed by atoms with Gasteiger partial charge in [0.15, 0.2) is 0 Å². The molecule has 0 aliphatic heterocycles. The largest absolute Gasteiger partial charge is 0.507 e. The van der Waals surface area contributed by atoms with E-state index >= 15 is 0 Å². The summed E-state index contributed by atoms with van der Waals surface area (Å²) < 4.78 is 0.800. The van der Waals surface area contributed by atoms with Gasteiger partial charge in [0.05, 0.1) is 11.2 Å². The van der Waals surface area contributed by atoms with Gasteiger partial charge in [-0.1, -0.05) is 24.3 Å². The van der Waals surface area contributed by atoms with Crippen LogP contribution >= 0.6 is 15.9 Å². The first-order valence-corrected chi connectivity index (χ1v) is 6.90. The third-order valence-electron chi connectivity index (χ3n) is 2.97. The quantitative estimate of drug-likeness (QED) is 0.707. The Kier molecular flexibility index (Phi) is 3.48. The van der Waals surface area contributed by atoms with E-state index in [1.807, 2.05) is 36.4 Å². The Morgan fingerprint density at radius 1 is 1.05 bits per heavy atom. The molecule has 0 saturated heterocycles. The van der Waals surface area contributed by atoms with Gasteiger partial charge < -0.3 is 5.11 Å². The standard InChI is InChI=1S/C16H11BrN2O/c17-13-6-2-8-15(20)12(13)10-19-14-7-1-4-11-5-3-9-18-16(11)14/h1-10,20H. The number of phenols is 1. The molecular weight excluding hydrogens is 316 g/mol. The Balaban J connectivity index is 2.07. The Bertz CT molecular complexity index is 774. The summed E-state index contributed by atoms with van der Waals surface area (Å²) in [5.74, 6) is 0.191. The number of aromatic nitrogens is 1. The molecule has 3 nitrogen and oxygen atoms in total. The van der Waals surface area contributed by atoms with E-state index in [0.717, 1.165) is 21.1 Å². The van der Waals surface area contributed by atoms with E-state index < -0.39 is 0 Å². The van der Waals surface area contributed by atoms with Crippen molar-refractivity contribution in [2.24, 2.45) is 4.99 Å². The van der Waals surface area contributed by atoms with Crippen LogP contribution in [-0.2, 0) is 0 Å². The van der Waals surface area contributed by atoms with Crippen molar-refractivity contribution in [1.82, 2.24) is 4.98 Å². The van der Waals surface area contributed by atoms with Crippen molar-refractivity contribution < 1.29 is 5.11 Å². The van der Waals surface area contributed by atoms with Crippen LogP contribution in [0.4, 0.5) is 5.69 Å². The molecule has 0 unspecified atom stereocenters. The van der Waals surface area contributed by atoms with E-state index in [1.54, 1.807) is 24.5 Å². The summed E-state index contributed by atoms with van der Waals surface area (Å²) in [5.41, 5.74) is 2.27. The summed E-state index contributed by atoms with van der Waals surface area (Å²) in [6.45, 7) is 0. The first-order valence-electron chi connectivity index (χ1n) is 6.11. The Hall–Kier alpha value is -2.20. The number of benzene rings is 2. The highest BCUT2D eigenvalue weighted by molar-refractivity contribution is 9.10. The molecule has 0 amide bonds. The second-order valence-electron chi connectivity index (χ2n) is 4.28. The van der Waals surface area contributed by atoms with Crippen molar-refractivity contribution >= 4 is 38.7 Å². The predicted molar refractivity (Wildman–Crippen MR) is 84.8 cm³/mol. The molecule has 0 fully saturated rings. The first kappa shape index (κ1) is 12.8. The van der Waals surface area contributed by atoms with Crippen LogP contribution in [0.15, 0.2) is 64.2 Å². The number of rotatable bonds is 2. The van der Waals surface area contributed by atoms with Crippen molar-refractivity contribution in [1.29, 1.82) is 0 Å². The minimum absolute atomic E-state index is 0.191. The molecule has 98 valence electrons. The van der Waals surface area contributed by atoms with Gasteiger partial charge in [0.2, 0.25) is 0 Å². The number of aliphatic imine (C=N–C) groups is 1. The maximum absolute atomic E-state index is 9.85. The minimum Gasteiger partial charge on any atom is -0.507 e. The van der Waals surface area contributed by atoms with Crippen LogP contribution in [0.3, 0.4) is 0 Å². The van der Waals surface area contributed by atoms with E-state index in [-0.39, 0.29) is 5.75 Å². The van der Waals surface area contributed by atoms with Gasteiger partial charge in [0.1, 0.15) is 5.75 Å². The first-order chi connectivity index (χ1) is 9.75. The molecule has 2 aromatic carbocycles. The van der Waals surface area contributed by atoms with Crippen LogP contribution in [0.2, 0.25) is 0 Å². The van der Waals surface area contributed by atoms with Crippen molar-refractivity contribution in [3.8, 4) is 5.75 Å². The molecule has 1 heterocycles. The molecule has 0 radical (unpaired) electrons. The van der Waals surface area contributed by atoms with Crippen molar-refractivity contribution in [3.63, 3.8) is 0 Å². The zero-order chi connectivity index (χ0) is 13.9. The van der Waals surface area contributed by atoms with Gasteiger partial charge in [-0.25, -0.2) is 0 Å². The van der Waals surface area contributed by atoms with Gasteiger partial charge in [-0.15, -0.1) is 0 Å². The predicted octanol–water partition coefficient (Wildman–Crippen LogP) is 4.45. The molecule has 0 bridgehead atoms. The zero-order valence-electron chi connectivity index (χ0n) is 10.5. The fourth-order valence-electron chi connectivity index (χ4n) is 1.98. The molecule has 0 saturated carbocycles. The lowest BCUT2D eigenvalue weighted by atomic mass is 10.2. The number of hydrogen-bond acceptors (Lipinski definition) is 3. The SMILES string of the molecule is Oc1cccc(Br)c1C=Nc1cccc2cccnc12. The summed E-state index contributed by atoms with van der Waals surface area (Å²) in [4.78, 5) is 8.80. The van der Waals surface area contributed by atoms with Crippen LogP contribution < -0.4 is 0 Å². The molecule has 1 N–H and O–H groups in total. The second kappa shape index (κ2) is 5.43. The molecule has 3 aromatic rings. The van der Waals surface area contributed by atoms with Crippen molar-refractivity contribution in [3.05, 3.63) is 64.8 Å². The van der Waals surface area contributed by atoms with Crippen molar-refractivity contribution in [2.75, 3.05) is 0 Å².